The van der Waals surface area contributed by atoms with Crippen molar-refractivity contribution in [3.8, 4) is 0 Å². The van der Waals surface area contributed by atoms with Crippen LogP contribution in [0.25, 0.3) is 0 Å². The molecule has 0 aliphatic carbocycles. The van der Waals surface area contributed by atoms with Crippen LogP contribution in [0.4, 0.5) is 0 Å². The number of guanidine groups is 1. The molecule has 5 N–H and O–H groups in total. The first-order valence-corrected chi connectivity index (χ1v) is 16.7. The summed E-state index contributed by atoms with van der Waals surface area (Å²) in [7, 11) is 14.6. The smallest absolute Gasteiger partial charge is 0.338 e. The van der Waals surface area contributed by atoms with E-state index in [0.717, 1.165) is 26.0 Å². The Morgan fingerprint density at radius 3 is 1.24 bits per heavy atom. The molecule has 0 rings (SSSR count). The largest absolute Gasteiger partial charge is 0.469 e. The van der Waals surface area contributed by atoms with Crippen LogP contribution in [-0.2, 0) is 28.5 Å². The molecular weight excluding hydrogens is 586 g/mol. The Balaban J connectivity index is -0.0000000614. The van der Waals surface area contributed by atoms with Gasteiger partial charge in [-0.2, -0.15) is 0 Å². The van der Waals surface area contributed by atoms with Gasteiger partial charge in [0.1, 0.15) is 0 Å². The molecule has 0 aliphatic heterocycles. The normalized spacial score (nSPS) is 8.85. The Bertz CT molecular complexity index is 538. The van der Waals surface area contributed by atoms with Crippen molar-refractivity contribution in [2.75, 3.05) is 82.9 Å². The van der Waals surface area contributed by atoms with Gasteiger partial charge in [0, 0.05) is 33.7 Å². The van der Waals surface area contributed by atoms with Gasteiger partial charge in [-0.25, -0.2) is 0 Å². The highest BCUT2D eigenvalue weighted by atomic mass is 16.5. The predicted octanol–water partition coefficient (Wildman–Crippen LogP) is 5.09. The third kappa shape index (κ3) is 123. The fraction of sp³-hybridized carbons (Fsp3) is 0.914. The number of carbonyl (C=O) groups excluding carboxylic acids is 2. The van der Waals surface area contributed by atoms with Crippen LogP contribution in [0.1, 0.15) is 127 Å². The summed E-state index contributed by atoms with van der Waals surface area (Å²) < 4.78 is 17.9. The first-order chi connectivity index (χ1) is 21.1. The minimum absolute atomic E-state index is 0. The van der Waals surface area contributed by atoms with E-state index in [0.29, 0.717) is 24.9 Å². The molecule has 0 aromatic rings. The van der Waals surface area contributed by atoms with E-state index in [1.807, 2.05) is 27.7 Å². The quantitative estimate of drug-likeness (QED) is 0.0932. The molecule has 0 saturated carbocycles. The molecule has 11 nitrogen and oxygen atoms in total. The van der Waals surface area contributed by atoms with E-state index in [4.69, 9.17) is 16.2 Å². The molecule has 0 atom stereocenters. The molecule has 0 heterocycles. The summed E-state index contributed by atoms with van der Waals surface area (Å²) in [6.07, 6.45) is 11.2. The number of nitrogens with one attached hydrogen (secondary N) is 1. The zero-order valence-electron chi connectivity index (χ0n) is 33.0. The van der Waals surface area contributed by atoms with E-state index in [-0.39, 0.29) is 19.4 Å². The summed E-state index contributed by atoms with van der Waals surface area (Å²) in [4.78, 5) is 27.4. The average Bonchev–Trinajstić information content (AvgIpc) is 3.01. The predicted molar refractivity (Wildman–Crippen MR) is 201 cm³/mol. The van der Waals surface area contributed by atoms with Crippen LogP contribution in [0, 0.1) is 0 Å². The highest BCUT2D eigenvalue weighted by Crippen LogP contribution is 1.93. The summed E-state index contributed by atoms with van der Waals surface area (Å²) in [5.41, 5.74) is 10.2. The van der Waals surface area contributed by atoms with Crippen molar-refractivity contribution < 1.29 is 33.5 Å². The third-order valence-electron chi connectivity index (χ3n) is 4.99. The van der Waals surface area contributed by atoms with Crippen molar-refractivity contribution >= 4 is 17.9 Å². The molecule has 0 saturated heterocycles. The van der Waals surface area contributed by atoms with Crippen LogP contribution in [0.5, 0.6) is 0 Å². The highest BCUT2D eigenvalue weighted by Gasteiger charge is 1.92. The van der Waals surface area contributed by atoms with E-state index in [1.54, 1.807) is 21.1 Å². The molecule has 11 heteroatoms. The van der Waals surface area contributed by atoms with E-state index in [2.05, 4.69) is 78.0 Å². The average molecular weight is 673 g/mol. The lowest BCUT2D eigenvalue weighted by atomic mass is 10.2. The number of hydrogen-bond donors (Lipinski definition) is 3. The second-order valence-electron chi connectivity index (χ2n) is 10.5. The van der Waals surface area contributed by atoms with Crippen LogP contribution < -0.4 is 16.5 Å². The summed E-state index contributed by atoms with van der Waals surface area (Å²) >= 11 is 0. The van der Waals surface area contributed by atoms with Gasteiger partial charge >= 0.3 is 17.9 Å². The number of nitrogens with zero attached hydrogens (tertiary/aromatic N) is 2. The molecular formula is C35H86N5O6+. The van der Waals surface area contributed by atoms with Gasteiger partial charge in [-0.3, -0.25) is 26.0 Å². The number of esters is 2. The molecule has 0 aromatic carbocycles. The van der Waals surface area contributed by atoms with Gasteiger partial charge in [0.05, 0.1) is 26.9 Å². The number of nitrogens with two attached hydrogens (primary N) is 2. The van der Waals surface area contributed by atoms with Crippen molar-refractivity contribution in [1.82, 2.24) is 9.80 Å². The molecule has 286 valence electrons. The summed E-state index contributed by atoms with van der Waals surface area (Å²) in [6, 6.07) is 0. The number of hydrogen-bond acceptors (Lipinski definition) is 8. The standard InChI is InChI=1S/C7H17N.C6H15N.C5H13N3.C5H10O2.C4H8O2.C4H10O.C3H8O.CH4/c1-4-5-6-7-8(2)3;1-4-5-6-7(2)3;1-2-3-4-8-5(6)7;1-3-4-5(6)7-2;1-3-4(5)6-2;1-4(2)5-3;1-3-4-2;/h4-7H2,1-3H3;4-6H2,1-3H3;2-4H2,1H3,(H4,6,7,8);3-4H2,1-2H3;3H2,1-2H3;4H,1-3H3;3H2,1-2H3;1H4/p+1. The van der Waals surface area contributed by atoms with Crippen LogP contribution in [-0.4, -0.2) is 117 Å². The van der Waals surface area contributed by atoms with Crippen molar-refractivity contribution in [3.63, 3.8) is 0 Å². The zero-order chi connectivity index (χ0) is 36.9. The number of carbonyl (C=O) groups is 2. The molecule has 0 aromatic heterocycles. The molecule has 0 bridgehead atoms. The Hall–Kier alpha value is -1.95. The number of rotatable bonds is 15. The first-order valence-electron chi connectivity index (χ1n) is 16.7. The Morgan fingerprint density at radius 1 is 0.674 bits per heavy atom. The lowest BCUT2D eigenvalue weighted by Gasteiger charge is -2.06. The molecule has 0 fully saturated rings. The Morgan fingerprint density at radius 2 is 1.07 bits per heavy atom. The maximum Gasteiger partial charge on any atom is 0.338 e. The van der Waals surface area contributed by atoms with Crippen molar-refractivity contribution in [2.45, 2.75) is 133 Å². The van der Waals surface area contributed by atoms with Crippen LogP contribution in [0.15, 0.2) is 0 Å². The van der Waals surface area contributed by atoms with Gasteiger partial charge in [0.15, 0.2) is 0 Å². The first kappa shape index (κ1) is 62.8. The molecule has 0 unspecified atom stereocenters. The van der Waals surface area contributed by atoms with Gasteiger partial charge in [0.25, 0.3) is 0 Å². The Labute approximate surface area is 288 Å². The number of unbranched alkanes of at least 4 members (excludes halogenated alkanes) is 4. The van der Waals surface area contributed by atoms with Crippen LogP contribution in [0.3, 0.4) is 0 Å². The molecule has 0 spiro atoms. The van der Waals surface area contributed by atoms with Crippen molar-refractivity contribution in [1.29, 1.82) is 0 Å². The Kier molecular flexibility index (Phi) is 84.6. The molecule has 0 aliphatic rings. The second kappa shape index (κ2) is 62.0. The third-order valence-corrected chi connectivity index (χ3v) is 4.99. The number of methoxy groups -OCH3 is 4. The fourth-order valence-electron chi connectivity index (χ4n) is 2.01. The van der Waals surface area contributed by atoms with E-state index in [9.17, 15) is 9.59 Å². The van der Waals surface area contributed by atoms with Gasteiger partial charge in [-0.15, -0.1) is 0 Å². The minimum Gasteiger partial charge on any atom is -0.469 e. The van der Waals surface area contributed by atoms with E-state index >= 15 is 0 Å². The minimum atomic E-state index is -0.157. The van der Waals surface area contributed by atoms with Gasteiger partial charge in [-0.1, -0.05) is 67.7 Å². The highest BCUT2D eigenvalue weighted by molar-refractivity contribution is 5.69. The summed E-state index contributed by atoms with van der Waals surface area (Å²) in [6.45, 7) is 20.4. The van der Waals surface area contributed by atoms with Crippen molar-refractivity contribution in [2.24, 2.45) is 11.5 Å². The monoisotopic (exact) mass is 673 g/mol. The molecule has 0 radical (unpaired) electrons. The fourth-order valence-corrected chi connectivity index (χ4v) is 2.01. The zero-order valence-corrected chi connectivity index (χ0v) is 33.0. The van der Waals surface area contributed by atoms with Gasteiger partial charge < -0.3 is 28.7 Å². The summed E-state index contributed by atoms with van der Waals surface area (Å²) in [5.74, 6) is 0.0379. The summed E-state index contributed by atoms with van der Waals surface area (Å²) in [5, 5.41) is 0. The van der Waals surface area contributed by atoms with Crippen LogP contribution >= 0.6 is 0 Å². The lowest BCUT2D eigenvalue weighted by Crippen LogP contribution is -2.78. The van der Waals surface area contributed by atoms with Gasteiger partial charge in [-0.05, 0) is 87.7 Å². The van der Waals surface area contributed by atoms with E-state index < -0.39 is 0 Å². The van der Waals surface area contributed by atoms with Crippen LogP contribution in [0.2, 0.25) is 0 Å². The lowest BCUT2D eigenvalue weighted by molar-refractivity contribution is -0.459. The maximum absolute atomic E-state index is 10.2. The van der Waals surface area contributed by atoms with Gasteiger partial charge in [0.2, 0.25) is 0 Å². The number of ether oxygens (including phenoxy) is 4. The topological polar surface area (TPSA) is 144 Å². The van der Waals surface area contributed by atoms with Crippen molar-refractivity contribution in [3.05, 3.63) is 0 Å². The van der Waals surface area contributed by atoms with E-state index in [1.165, 1.54) is 65.8 Å². The second-order valence-corrected chi connectivity index (χ2v) is 10.5. The maximum atomic E-state index is 10.2. The molecule has 0 amide bonds. The molecule has 46 heavy (non-hydrogen) atoms. The SMILES string of the molecule is C.CCC(=O)OC.CCCC(=O)OC.CCCCCN(C)C.CCCCN(C)C.CCCC[NH+]=C(N)N.CCOC.COC(C)C.